The summed E-state index contributed by atoms with van der Waals surface area (Å²) in [6.45, 7) is 5.47. The van der Waals surface area contributed by atoms with E-state index in [1.807, 2.05) is 59.7 Å². The second-order valence-electron chi connectivity index (χ2n) is 5.53. The van der Waals surface area contributed by atoms with Crippen molar-refractivity contribution in [2.45, 2.75) is 26.9 Å². The summed E-state index contributed by atoms with van der Waals surface area (Å²) in [6.07, 6.45) is 3.65. The van der Waals surface area contributed by atoms with Crippen LogP contribution in [0.4, 0.5) is 11.5 Å². The van der Waals surface area contributed by atoms with Gasteiger partial charge in [0.05, 0.1) is 24.1 Å². The van der Waals surface area contributed by atoms with Gasteiger partial charge in [-0.25, -0.2) is 0 Å². The van der Waals surface area contributed by atoms with Gasteiger partial charge in [-0.05, 0) is 37.7 Å². The molecule has 2 heterocycles. The minimum atomic E-state index is 0.474. The lowest BCUT2D eigenvalue weighted by molar-refractivity contribution is 0.640. The van der Waals surface area contributed by atoms with Gasteiger partial charge in [0.15, 0.2) is 10.9 Å². The van der Waals surface area contributed by atoms with Crippen LogP contribution in [-0.2, 0) is 13.1 Å². The first-order valence-corrected chi connectivity index (χ1v) is 8.72. The van der Waals surface area contributed by atoms with Gasteiger partial charge in [-0.3, -0.25) is 9.36 Å². The van der Waals surface area contributed by atoms with Crippen molar-refractivity contribution in [2.75, 3.05) is 10.6 Å². The fourth-order valence-electron chi connectivity index (χ4n) is 2.48. The minimum absolute atomic E-state index is 0.474. The van der Waals surface area contributed by atoms with E-state index in [0.717, 1.165) is 28.5 Å². The smallest absolute Gasteiger partial charge is 0.176 e. The van der Waals surface area contributed by atoms with Crippen molar-refractivity contribution >= 4 is 40.4 Å². The van der Waals surface area contributed by atoms with Crippen molar-refractivity contribution in [1.29, 1.82) is 0 Å². The van der Waals surface area contributed by atoms with Crippen molar-refractivity contribution < 1.29 is 0 Å². The molecule has 0 aliphatic carbocycles. The van der Waals surface area contributed by atoms with E-state index in [0.29, 0.717) is 17.5 Å². The molecule has 0 radical (unpaired) electrons. The molecule has 1 aromatic carbocycles. The van der Waals surface area contributed by atoms with Gasteiger partial charge in [0.25, 0.3) is 0 Å². The van der Waals surface area contributed by atoms with Crippen LogP contribution in [0.5, 0.6) is 0 Å². The highest BCUT2D eigenvalue weighted by Gasteiger charge is 2.08. The molecule has 0 amide bonds. The van der Waals surface area contributed by atoms with Gasteiger partial charge in [-0.1, -0.05) is 29.8 Å². The largest absolute Gasteiger partial charge is 0.330 e. The first-order valence-electron chi connectivity index (χ1n) is 7.94. The summed E-state index contributed by atoms with van der Waals surface area (Å²) < 4.78 is 3.72. The van der Waals surface area contributed by atoms with Crippen molar-refractivity contribution in [3.8, 4) is 0 Å². The Hall–Kier alpha value is -2.38. The van der Waals surface area contributed by atoms with E-state index in [1.165, 1.54) is 0 Å². The predicted octanol–water partition coefficient (Wildman–Crippen LogP) is 3.92. The Balaban J connectivity index is 1.62. The van der Waals surface area contributed by atoms with Crippen molar-refractivity contribution in [3.63, 3.8) is 0 Å². The molecule has 0 fully saturated rings. The molecule has 0 aliphatic heterocycles. The van der Waals surface area contributed by atoms with Gasteiger partial charge < -0.3 is 10.6 Å². The summed E-state index contributed by atoms with van der Waals surface area (Å²) in [5, 5.41) is 16.2. The number of hydrogen-bond donors (Lipinski definition) is 2. The lowest BCUT2D eigenvalue weighted by atomic mass is 10.2. The highest BCUT2D eigenvalue weighted by molar-refractivity contribution is 7.80. The molecule has 2 N–H and O–H groups in total. The van der Waals surface area contributed by atoms with Crippen LogP contribution < -0.4 is 10.6 Å². The van der Waals surface area contributed by atoms with E-state index >= 15 is 0 Å². The molecule has 6 nitrogen and oxygen atoms in total. The Kier molecular flexibility index (Phi) is 5.35. The Morgan fingerprint density at radius 3 is 2.76 bits per heavy atom. The van der Waals surface area contributed by atoms with Crippen LogP contribution >= 0.6 is 23.8 Å². The normalized spacial score (nSPS) is 10.7. The number of nitrogens with one attached hydrogen (secondary N) is 2. The Bertz CT molecular complexity index is 885. The lowest BCUT2D eigenvalue weighted by Crippen LogP contribution is -2.20. The molecule has 3 aromatic rings. The molecule has 130 valence electrons. The highest BCUT2D eigenvalue weighted by Crippen LogP contribution is 2.17. The number of aryl methyl sites for hydroxylation is 1. The van der Waals surface area contributed by atoms with Crippen LogP contribution in [0.3, 0.4) is 0 Å². The molecule has 0 unspecified atom stereocenters. The van der Waals surface area contributed by atoms with Crippen molar-refractivity contribution in [2.24, 2.45) is 0 Å². The molecule has 0 spiro atoms. The fourth-order valence-corrected chi connectivity index (χ4v) is 2.89. The maximum atomic E-state index is 6.19. The number of halogens is 1. The summed E-state index contributed by atoms with van der Waals surface area (Å²) in [4.78, 5) is 0. The molecular formula is C17H19ClN6S. The van der Waals surface area contributed by atoms with Gasteiger partial charge in [-0.15, -0.1) is 0 Å². The van der Waals surface area contributed by atoms with E-state index in [-0.39, 0.29) is 0 Å². The molecular weight excluding hydrogens is 356 g/mol. The summed E-state index contributed by atoms with van der Waals surface area (Å²) in [5.41, 5.74) is 2.94. The summed E-state index contributed by atoms with van der Waals surface area (Å²) in [6, 6.07) is 9.60. The van der Waals surface area contributed by atoms with E-state index in [1.54, 1.807) is 6.20 Å². The Morgan fingerprint density at radius 1 is 1.24 bits per heavy atom. The topological polar surface area (TPSA) is 59.7 Å². The Morgan fingerprint density at radius 2 is 2.04 bits per heavy atom. The van der Waals surface area contributed by atoms with E-state index in [2.05, 4.69) is 20.8 Å². The first kappa shape index (κ1) is 17.4. The standard InChI is InChI=1S/C17H19ClN6S/c1-3-24-12(2)15(10-19-24)20-17(25)21-16-8-9-23(22-16)11-13-6-4-5-7-14(13)18/h4-10H,3,11H2,1-2H3,(H2,20,21,22,25). The highest BCUT2D eigenvalue weighted by atomic mass is 35.5. The maximum absolute atomic E-state index is 6.19. The van der Waals surface area contributed by atoms with Crippen molar-refractivity contribution in [3.05, 3.63) is 59.0 Å². The third-order valence-corrected chi connectivity index (χ3v) is 4.40. The first-order chi connectivity index (χ1) is 12.1. The van der Waals surface area contributed by atoms with Gasteiger partial charge in [0.2, 0.25) is 0 Å². The Labute approximate surface area is 156 Å². The monoisotopic (exact) mass is 374 g/mol. The minimum Gasteiger partial charge on any atom is -0.330 e. The van der Waals surface area contributed by atoms with E-state index in [4.69, 9.17) is 23.8 Å². The number of aromatic nitrogens is 4. The molecule has 0 saturated heterocycles. The van der Waals surface area contributed by atoms with Crippen LogP contribution in [-0.4, -0.2) is 24.7 Å². The fraction of sp³-hybridized carbons (Fsp3) is 0.235. The van der Waals surface area contributed by atoms with E-state index in [9.17, 15) is 0 Å². The van der Waals surface area contributed by atoms with Crippen LogP contribution in [0.15, 0.2) is 42.7 Å². The zero-order chi connectivity index (χ0) is 17.8. The second kappa shape index (κ2) is 7.67. The number of thiocarbonyl (C=S) groups is 1. The zero-order valence-electron chi connectivity index (χ0n) is 14.0. The number of hydrogen-bond acceptors (Lipinski definition) is 3. The molecule has 0 bridgehead atoms. The molecule has 3 rings (SSSR count). The van der Waals surface area contributed by atoms with Crippen molar-refractivity contribution in [1.82, 2.24) is 19.6 Å². The van der Waals surface area contributed by atoms with Gasteiger partial charge in [0, 0.05) is 23.8 Å². The zero-order valence-corrected chi connectivity index (χ0v) is 15.6. The average molecular weight is 375 g/mol. The molecule has 0 aliphatic rings. The summed E-state index contributed by atoms with van der Waals surface area (Å²) >= 11 is 11.5. The number of nitrogens with zero attached hydrogens (tertiary/aromatic N) is 4. The van der Waals surface area contributed by atoms with Crippen LogP contribution in [0.1, 0.15) is 18.2 Å². The van der Waals surface area contributed by atoms with Crippen LogP contribution in [0.25, 0.3) is 0 Å². The molecule has 0 atom stereocenters. The quantitative estimate of drug-likeness (QED) is 0.663. The number of anilines is 2. The van der Waals surface area contributed by atoms with Gasteiger partial charge >= 0.3 is 0 Å². The molecule has 25 heavy (non-hydrogen) atoms. The van der Waals surface area contributed by atoms with Gasteiger partial charge in [0.1, 0.15) is 0 Å². The SMILES string of the molecule is CCn1ncc(NC(=S)Nc2ccn(Cc3ccccc3Cl)n2)c1C. The predicted molar refractivity (Wildman–Crippen MR) is 105 cm³/mol. The second-order valence-corrected chi connectivity index (χ2v) is 6.34. The van der Waals surface area contributed by atoms with Gasteiger partial charge in [-0.2, -0.15) is 10.2 Å². The summed E-state index contributed by atoms with van der Waals surface area (Å²) in [7, 11) is 0. The lowest BCUT2D eigenvalue weighted by Gasteiger charge is -2.08. The molecule has 0 saturated carbocycles. The van der Waals surface area contributed by atoms with E-state index < -0.39 is 0 Å². The van der Waals surface area contributed by atoms with Crippen LogP contribution in [0, 0.1) is 6.92 Å². The molecule has 8 heteroatoms. The molecule has 2 aromatic heterocycles. The number of benzene rings is 1. The number of rotatable bonds is 5. The maximum Gasteiger partial charge on any atom is 0.176 e. The average Bonchev–Trinajstić information content (AvgIpc) is 3.17. The van der Waals surface area contributed by atoms with Crippen LogP contribution in [0.2, 0.25) is 5.02 Å². The summed E-state index contributed by atoms with van der Waals surface area (Å²) in [5.74, 6) is 0.671. The third-order valence-electron chi connectivity index (χ3n) is 3.82. The third kappa shape index (κ3) is 4.18.